The molecule has 0 radical (unpaired) electrons. The molecule has 2 heteroatoms. The Balaban J connectivity index is 1.10. The fourth-order valence-electron chi connectivity index (χ4n) is 8.41. The molecule has 2 nitrogen and oxygen atoms in total. The lowest BCUT2D eigenvalue weighted by Gasteiger charge is -2.16. The van der Waals surface area contributed by atoms with Gasteiger partial charge in [0.1, 0.15) is 0 Å². The first-order chi connectivity index (χ1) is 27.7. The number of hydrogen-bond acceptors (Lipinski definition) is 2. The summed E-state index contributed by atoms with van der Waals surface area (Å²) in [5.41, 5.74) is 15.8. The zero-order valence-corrected chi connectivity index (χ0v) is 30.8. The molecule has 0 fully saturated rings. The zero-order chi connectivity index (χ0) is 37.4. The minimum Gasteiger partial charge on any atom is -0.321 e. The van der Waals surface area contributed by atoms with Gasteiger partial charge in [-0.15, -0.1) is 0 Å². The van der Waals surface area contributed by atoms with Gasteiger partial charge in [0.25, 0.3) is 0 Å². The number of aliphatic imine (C=N–C) groups is 1. The maximum Gasteiger partial charge on any atom is 0.0687 e. The van der Waals surface area contributed by atoms with Crippen LogP contribution < -0.4 is 5.73 Å². The molecule has 1 atom stereocenters. The highest BCUT2D eigenvalue weighted by molar-refractivity contribution is 6.20. The third-order valence-electron chi connectivity index (χ3n) is 11.1. The number of rotatable bonds is 7. The van der Waals surface area contributed by atoms with Crippen LogP contribution in [0.25, 0.3) is 81.8 Å². The van der Waals surface area contributed by atoms with Crippen molar-refractivity contribution >= 4 is 65.8 Å². The van der Waals surface area contributed by atoms with Crippen LogP contribution in [0, 0.1) is 0 Å². The van der Waals surface area contributed by atoms with Crippen LogP contribution in [0.1, 0.15) is 22.7 Å². The second kappa shape index (κ2) is 14.3. The predicted molar refractivity (Wildman–Crippen MR) is 240 cm³/mol. The predicted octanol–water partition coefficient (Wildman–Crippen LogP) is 13.9. The summed E-state index contributed by atoms with van der Waals surface area (Å²) >= 11 is 0. The summed E-state index contributed by atoms with van der Waals surface area (Å²) < 4.78 is 0. The third kappa shape index (κ3) is 6.03. The van der Waals surface area contributed by atoms with Crippen molar-refractivity contribution in [3.63, 3.8) is 0 Å². The molecule has 2 N–H and O–H groups in total. The first-order valence-electron chi connectivity index (χ1n) is 19.2. The molecule has 0 aliphatic rings. The summed E-state index contributed by atoms with van der Waals surface area (Å²) in [4.78, 5) is 5.28. The molecule has 0 amide bonds. The van der Waals surface area contributed by atoms with E-state index in [-0.39, 0.29) is 0 Å². The quantitative estimate of drug-likeness (QED) is 0.0996. The minimum atomic E-state index is -0.401. The van der Waals surface area contributed by atoms with Crippen molar-refractivity contribution in [1.82, 2.24) is 0 Å². The highest BCUT2D eigenvalue weighted by Crippen LogP contribution is 2.40. The largest absolute Gasteiger partial charge is 0.321 e. The summed E-state index contributed by atoms with van der Waals surface area (Å²) in [6.07, 6.45) is 4.10. The van der Waals surface area contributed by atoms with Crippen LogP contribution in [0.2, 0.25) is 0 Å². The van der Waals surface area contributed by atoms with E-state index < -0.39 is 6.04 Å². The molecule has 0 spiro atoms. The maximum atomic E-state index is 7.16. The Morgan fingerprint density at radius 3 is 1.79 bits per heavy atom. The number of benzene rings is 10. The Bertz CT molecular complexity index is 3140. The smallest absolute Gasteiger partial charge is 0.0687 e. The van der Waals surface area contributed by atoms with Crippen LogP contribution in [-0.4, -0.2) is 6.21 Å². The number of nitrogens with zero attached hydrogens (tertiary/aromatic N) is 1. The van der Waals surface area contributed by atoms with E-state index in [1.165, 1.54) is 59.6 Å². The number of fused-ring (bicyclic) bond motifs is 7. The van der Waals surface area contributed by atoms with Crippen molar-refractivity contribution < 1.29 is 0 Å². The van der Waals surface area contributed by atoms with Gasteiger partial charge in [-0.05, 0) is 105 Å². The van der Waals surface area contributed by atoms with Crippen molar-refractivity contribution in [3.05, 3.63) is 223 Å². The molecule has 10 aromatic carbocycles. The van der Waals surface area contributed by atoms with Crippen molar-refractivity contribution in [2.24, 2.45) is 10.7 Å². The molecular weight excluding hydrogens is 677 g/mol. The maximum absolute atomic E-state index is 7.16. The molecule has 264 valence electrons. The Morgan fingerprint density at radius 2 is 1.02 bits per heavy atom. The van der Waals surface area contributed by atoms with E-state index in [0.717, 1.165) is 38.9 Å². The van der Waals surface area contributed by atoms with E-state index in [4.69, 9.17) is 10.7 Å². The molecule has 0 aliphatic carbocycles. The van der Waals surface area contributed by atoms with Gasteiger partial charge in [-0.1, -0.05) is 188 Å². The summed E-state index contributed by atoms with van der Waals surface area (Å²) in [6.45, 7) is 0. The van der Waals surface area contributed by atoms with Gasteiger partial charge in [0.2, 0.25) is 0 Å². The van der Waals surface area contributed by atoms with Crippen LogP contribution in [0.15, 0.2) is 211 Å². The van der Waals surface area contributed by atoms with Crippen molar-refractivity contribution in [2.45, 2.75) is 6.04 Å². The summed E-state index contributed by atoms with van der Waals surface area (Å²) in [6, 6.07) is 70.9. The second-order valence-electron chi connectivity index (χ2n) is 14.5. The molecule has 0 saturated heterocycles. The van der Waals surface area contributed by atoms with E-state index in [2.05, 4.69) is 200 Å². The molecule has 0 bridgehead atoms. The monoisotopic (exact) mass is 714 g/mol. The summed E-state index contributed by atoms with van der Waals surface area (Å²) in [5, 5.41) is 12.2. The van der Waals surface area contributed by atoms with E-state index in [0.29, 0.717) is 0 Å². The van der Waals surface area contributed by atoms with E-state index in [1.807, 2.05) is 12.3 Å². The van der Waals surface area contributed by atoms with Gasteiger partial charge in [0.15, 0.2) is 0 Å². The molecule has 0 aliphatic heterocycles. The standard InChI is InChI=1S/C54H38N2/c55-52(48-25-13-10-19-42(48)37-14-2-1-3-15-37)34-53(51-33-40-17-5-8-21-44(40)46-23-11-12-24-47(46)51)56-35-36-26-28-39(29-27-36)54-45-22-9-6-18-41(45)32-50-43-20-7-4-16-38(43)30-31-49(50)54/h1-35,52H,55H2/b53-34-,56-35?. The fourth-order valence-corrected chi connectivity index (χ4v) is 8.41. The molecule has 10 rings (SSSR count). The van der Waals surface area contributed by atoms with Gasteiger partial charge in [-0.3, -0.25) is 4.99 Å². The van der Waals surface area contributed by atoms with Gasteiger partial charge in [0, 0.05) is 11.8 Å². The Labute approximate surface area is 326 Å². The highest BCUT2D eigenvalue weighted by Gasteiger charge is 2.16. The first kappa shape index (κ1) is 33.4. The number of nitrogens with two attached hydrogens (primary N) is 1. The average Bonchev–Trinajstić information content (AvgIpc) is 3.27. The van der Waals surface area contributed by atoms with E-state index in [1.54, 1.807) is 0 Å². The molecule has 0 heterocycles. The average molecular weight is 715 g/mol. The van der Waals surface area contributed by atoms with Gasteiger partial charge < -0.3 is 5.73 Å². The summed E-state index contributed by atoms with van der Waals surface area (Å²) in [7, 11) is 0. The SMILES string of the molecule is NC(/C=C(\N=Cc1ccc(-c2c3ccccc3cc3c2ccc2ccccc23)cc1)c1cc2ccccc2c2ccccc12)c1ccccc1-c1ccccc1. The topological polar surface area (TPSA) is 38.4 Å². The molecule has 10 aromatic rings. The van der Waals surface area contributed by atoms with Crippen LogP contribution in [0.4, 0.5) is 0 Å². The molecule has 0 aromatic heterocycles. The lowest BCUT2D eigenvalue weighted by Crippen LogP contribution is -2.09. The van der Waals surface area contributed by atoms with Gasteiger partial charge >= 0.3 is 0 Å². The van der Waals surface area contributed by atoms with E-state index in [9.17, 15) is 0 Å². The number of hydrogen-bond donors (Lipinski definition) is 1. The second-order valence-corrected chi connectivity index (χ2v) is 14.5. The fraction of sp³-hybridized carbons (Fsp3) is 0.0185. The first-order valence-corrected chi connectivity index (χ1v) is 19.2. The van der Waals surface area contributed by atoms with Crippen LogP contribution in [0.3, 0.4) is 0 Å². The normalized spacial score (nSPS) is 12.7. The van der Waals surface area contributed by atoms with Gasteiger partial charge in [-0.25, -0.2) is 0 Å². The zero-order valence-electron chi connectivity index (χ0n) is 30.8. The van der Waals surface area contributed by atoms with E-state index >= 15 is 0 Å². The Hall–Kier alpha value is -7.13. The Morgan fingerprint density at radius 1 is 0.429 bits per heavy atom. The highest BCUT2D eigenvalue weighted by atomic mass is 14.7. The molecular formula is C54H38N2. The van der Waals surface area contributed by atoms with Crippen molar-refractivity contribution in [2.75, 3.05) is 0 Å². The third-order valence-corrected chi connectivity index (χ3v) is 11.1. The lowest BCUT2D eigenvalue weighted by atomic mass is 9.89. The summed E-state index contributed by atoms with van der Waals surface area (Å²) in [5.74, 6) is 0. The van der Waals surface area contributed by atoms with Crippen molar-refractivity contribution in [3.8, 4) is 22.3 Å². The van der Waals surface area contributed by atoms with Crippen LogP contribution >= 0.6 is 0 Å². The van der Waals surface area contributed by atoms with Crippen LogP contribution in [-0.2, 0) is 0 Å². The Kier molecular flexibility index (Phi) is 8.52. The lowest BCUT2D eigenvalue weighted by molar-refractivity contribution is 0.914. The van der Waals surface area contributed by atoms with Gasteiger partial charge in [0.05, 0.1) is 11.7 Å². The minimum absolute atomic E-state index is 0.401. The molecule has 56 heavy (non-hydrogen) atoms. The molecule has 1 unspecified atom stereocenters. The van der Waals surface area contributed by atoms with Crippen LogP contribution in [0.5, 0.6) is 0 Å². The van der Waals surface area contributed by atoms with Crippen molar-refractivity contribution in [1.29, 1.82) is 0 Å². The van der Waals surface area contributed by atoms with Gasteiger partial charge in [-0.2, -0.15) is 0 Å². The molecule has 0 saturated carbocycles.